The van der Waals surface area contributed by atoms with Crippen LogP contribution in [-0.2, 0) is 35.6 Å². The molecule has 1 aliphatic rings. The normalized spacial score (nSPS) is 17.0. The van der Waals surface area contributed by atoms with Crippen molar-refractivity contribution in [2.24, 2.45) is 0 Å². The van der Waals surface area contributed by atoms with E-state index < -0.39 is 28.1 Å². The van der Waals surface area contributed by atoms with Crippen LogP contribution in [0.25, 0.3) is 0 Å². The first-order chi connectivity index (χ1) is 20.0. The standard InChI is InChI=1S/C28H39Cl2N3O8S/c1-19(34)27(35)28(36)31-6-8-39-10-12-41-13-11-40-9-7-32-42(37,38)22-5-3-4-20(14-22)24-17-33(2)18-25-23(24)15-21(29)16-26(25)30/h3-5,14-16,19,24,27,32,34-35H,6-13,17-18H2,1-2H3,(H,31,36)/t19-,24?,27-/m1/s1. The number of rotatable bonds is 17. The molecule has 11 nitrogen and oxygen atoms in total. The number of sulfonamides is 1. The van der Waals surface area contributed by atoms with Gasteiger partial charge in [-0.15, -0.1) is 0 Å². The van der Waals surface area contributed by atoms with Crippen molar-refractivity contribution in [3.63, 3.8) is 0 Å². The van der Waals surface area contributed by atoms with E-state index in [0.29, 0.717) is 43.0 Å². The summed E-state index contributed by atoms with van der Waals surface area (Å²) in [6, 6.07) is 10.5. The molecule has 1 aliphatic heterocycles. The average Bonchev–Trinajstić information content (AvgIpc) is 2.95. The van der Waals surface area contributed by atoms with Gasteiger partial charge in [0, 0.05) is 42.1 Å². The fraction of sp³-hybridized carbons (Fsp3) is 0.536. The minimum absolute atomic E-state index is 0.0745. The first kappa shape index (κ1) is 34.6. The van der Waals surface area contributed by atoms with Gasteiger partial charge in [-0.2, -0.15) is 0 Å². The summed E-state index contributed by atoms with van der Waals surface area (Å²) in [6.45, 7) is 4.63. The lowest BCUT2D eigenvalue weighted by Crippen LogP contribution is -2.42. The van der Waals surface area contributed by atoms with Crippen molar-refractivity contribution in [3.05, 3.63) is 63.1 Å². The van der Waals surface area contributed by atoms with E-state index in [4.69, 9.17) is 42.5 Å². The van der Waals surface area contributed by atoms with Crippen LogP contribution in [0, 0.1) is 0 Å². The molecule has 0 saturated heterocycles. The van der Waals surface area contributed by atoms with Crippen molar-refractivity contribution >= 4 is 39.1 Å². The Morgan fingerprint density at radius 2 is 1.67 bits per heavy atom. The molecule has 14 heteroatoms. The summed E-state index contributed by atoms with van der Waals surface area (Å²) < 4.78 is 44.7. The highest BCUT2D eigenvalue weighted by molar-refractivity contribution is 7.89. The van der Waals surface area contributed by atoms with Crippen LogP contribution >= 0.6 is 23.2 Å². The SMILES string of the molecule is C[C@@H](O)[C@@H](O)C(=O)NCCOCCOCCOCCNS(=O)(=O)c1cccc(C2CN(C)Cc3c(Cl)cc(Cl)cc32)c1. The lowest BCUT2D eigenvalue weighted by atomic mass is 9.85. The van der Waals surface area contributed by atoms with Crippen LogP contribution in [-0.4, -0.2) is 108 Å². The third kappa shape index (κ3) is 10.4. The number of likely N-dealkylation sites (N-methyl/N-ethyl adjacent to an activating group) is 1. The first-order valence-electron chi connectivity index (χ1n) is 13.6. The van der Waals surface area contributed by atoms with Gasteiger partial charge >= 0.3 is 0 Å². The number of carbonyl (C=O) groups excluding carboxylic acids is 1. The lowest BCUT2D eigenvalue weighted by molar-refractivity contribution is -0.134. The Hall–Kier alpha value is -1.84. The van der Waals surface area contributed by atoms with Crippen molar-refractivity contribution < 1.29 is 37.6 Å². The van der Waals surface area contributed by atoms with Gasteiger partial charge in [-0.3, -0.25) is 4.79 Å². The fourth-order valence-corrected chi connectivity index (χ4v) is 6.11. The number of hydrogen-bond donors (Lipinski definition) is 4. The first-order valence-corrected chi connectivity index (χ1v) is 15.9. The van der Waals surface area contributed by atoms with E-state index in [9.17, 15) is 18.3 Å². The molecule has 42 heavy (non-hydrogen) atoms. The molecule has 3 rings (SSSR count). The molecule has 0 bridgehead atoms. The number of nitrogens with one attached hydrogen (secondary N) is 2. The summed E-state index contributed by atoms with van der Waals surface area (Å²) in [5, 5.41) is 22.1. The quantitative estimate of drug-likeness (QED) is 0.189. The molecule has 0 saturated carbocycles. The van der Waals surface area contributed by atoms with Crippen molar-refractivity contribution in [1.82, 2.24) is 14.9 Å². The van der Waals surface area contributed by atoms with Crippen LogP contribution in [0.1, 0.15) is 29.5 Å². The molecular weight excluding hydrogens is 609 g/mol. The molecule has 0 aromatic heterocycles. The molecule has 1 amide bonds. The van der Waals surface area contributed by atoms with E-state index >= 15 is 0 Å². The van der Waals surface area contributed by atoms with Crippen molar-refractivity contribution in [3.8, 4) is 0 Å². The van der Waals surface area contributed by atoms with Gasteiger partial charge < -0.3 is 34.6 Å². The Morgan fingerprint density at radius 3 is 2.33 bits per heavy atom. The van der Waals surface area contributed by atoms with E-state index in [1.165, 1.54) is 6.92 Å². The van der Waals surface area contributed by atoms with E-state index in [1.807, 2.05) is 19.2 Å². The Morgan fingerprint density at radius 1 is 1.02 bits per heavy atom. The highest BCUT2D eigenvalue weighted by Gasteiger charge is 2.28. The molecule has 0 fully saturated rings. The number of halogens is 2. The van der Waals surface area contributed by atoms with Crippen LogP contribution in [0.2, 0.25) is 10.0 Å². The van der Waals surface area contributed by atoms with E-state index in [-0.39, 0.29) is 43.7 Å². The van der Waals surface area contributed by atoms with Crippen LogP contribution in [0.4, 0.5) is 0 Å². The molecule has 1 unspecified atom stereocenters. The molecule has 0 spiro atoms. The second kappa shape index (κ2) is 16.9. The third-order valence-corrected chi connectivity index (χ3v) is 8.63. The highest BCUT2D eigenvalue weighted by atomic mass is 35.5. The molecule has 2 aromatic rings. The number of ether oxygens (including phenoxy) is 3. The fourth-order valence-electron chi connectivity index (χ4n) is 4.47. The van der Waals surface area contributed by atoms with E-state index in [2.05, 4.69) is 14.9 Å². The zero-order valence-electron chi connectivity index (χ0n) is 23.7. The van der Waals surface area contributed by atoms with Crippen LogP contribution in [0.5, 0.6) is 0 Å². The monoisotopic (exact) mass is 647 g/mol. The minimum atomic E-state index is -3.75. The van der Waals surface area contributed by atoms with Crippen molar-refractivity contribution in [2.45, 2.75) is 36.5 Å². The molecule has 0 aliphatic carbocycles. The third-order valence-electron chi connectivity index (χ3n) is 6.62. The van der Waals surface area contributed by atoms with Crippen LogP contribution < -0.4 is 10.0 Å². The van der Waals surface area contributed by atoms with Gasteiger partial charge in [0.2, 0.25) is 10.0 Å². The molecule has 234 valence electrons. The van der Waals surface area contributed by atoms with Crippen molar-refractivity contribution in [2.75, 3.05) is 66.3 Å². The summed E-state index contributed by atoms with van der Waals surface area (Å²) in [4.78, 5) is 13.8. The summed E-state index contributed by atoms with van der Waals surface area (Å²) in [5.41, 5.74) is 2.87. The number of hydrogen-bond acceptors (Lipinski definition) is 9. The van der Waals surface area contributed by atoms with Gasteiger partial charge in [0.1, 0.15) is 0 Å². The molecule has 1 heterocycles. The van der Waals surface area contributed by atoms with Gasteiger partial charge in [0.05, 0.1) is 50.6 Å². The van der Waals surface area contributed by atoms with Gasteiger partial charge in [-0.25, -0.2) is 13.1 Å². The lowest BCUT2D eigenvalue weighted by Gasteiger charge is -2.33. The molecule has 3 atom stereocenters. The number of benzene rings is 2. The smallest absolute Gasteiger partial charge is 0.251 e. The molecule has 4 N–H and O–H groups in total. The van der Waals surface area contributed by atoms with Crippen LogP contribution in [0.15, 0.2) is 41.3 Å². The summed E-state index contributed by atoms with van der Waals surface area (Å²) in [6.07, 6.45) is -2.61. The number of carbonyl (C=O) groups is 1. The summed E-state index contributed by atoms with van der Waals surface area (Å²) in [5.74, 6) is -0.734. The zero-order chi connectivity index (χ0) is 30.7. The number of aliphatic hydroxyl groups excluding tert-OH is 2. The predicted molar refractivity (Wildman–Crippen MR) is 159 cm³/mol. The molecule has 0 radical (unpaired) electrons. The van der Waals surface area contributed by atoms with Gasteiger partial charge in [-0.1, -0.05) is 35.3 Å². The largest absolute Gasteiger partial charge is 0.390 e. The Bertz CT molecular complexity index is 1280. The van der Waals surface area contributed by atoms with Crippen LogP contribution in [0.3, 0.4) is 0 Å². The predicted octanol–water partition coefficient (Wildman–Crippen LogP) is 1.76. The van der Waals surface area contributed by atoms with E-state index in [1.54, 1.807) is 24.3 Å². The topological polar surface area (TPSA) is 147 Å². The van der Waals surface area contributed by atoms with E-state index in [0.717, 1.165) is 16.7 Å². The number of amides is 1. The second-order valence-electron chi connectivity index (χ2n) is 9.99. The Kier molecular flexibility index (Phi) is 13.9. The summed E-state index contributed by atoms with van der Waals surface area (Å²) >= 11 is 12.8. The maximum Gasteiger partial charge on any atom is 0.251 e. The highest BCUT2D eigenvalue weighted by Crippen LogP contribution is 2.38. The maximum absolute atomic E-state index is 13.0. The average molecular weight is 649 g/mol. The second-order valence-corrected chi connectivity index (χ2v) is 12.6. The number of aliphatic hydroxyl groups is 2. The summed E-state index contributed by atoms with van der Waals surface area (Å²) in [7, 11) is -1.75. The number of nitrogens with zero attached hydrogens (tertiary/aromatic N) is 1. The Labute approximate surface area is 257 Å². The molecule has 2 aromatic carbocycles. The molecular formula is C28H39Cl2N3O8S. The van der Waals surface area contributed by atoms with Gasteiger partial charge in [0.15, 0.2) is 6.10 Å². The zero-order valence-corrected chi connectivity index (χ0v) is 26.1. The number of fused-ring (bicyclic) bond motifs is 1. The van der Waals surface area contributed by atoms with Gasteiger partial charge in [-0.05, 0) is 54.9 Å². The Balaban J connectivity index is 1.34. The van der Waals surface area contributed by atoms with Gasteiger partial charge in [0.25, 0.3) is 5.91 Å². The van der Waals surface area contributed by atoms with Crippen molar-refractivity contribution in [1.29, 1.82) is 0 Å². The maximum atomic E-state index is 13.0. The minimum Gasteiger partial charge on any atom is -0.390 e.